The van der Waals surface area contributed by atoms with Crippen molar-refractivity contribution in [1.29, 1.82) is 0 Å². The number of carbonyl (C=O) groups is 3. The van der Waals surface area contributed by atoms with E-state index in [1.165, 1.54) is 0 Å². The van der Waals surface area contributed by atoms with Crippen molar-refractivity contribution in [1.82, 2.24) is 10.6 Å². The zero-order chi connectivity index (χ0) is 19.1. The van der Waals surface area contributed by atoms with Gasteiger partial charge in [0, 0.05) is 6.04 Å². The molecule has 0 radical (unpaired) electrons. The van der Waals surface area contributed by atoms with Crippen LogP contribution in [-0.4, -0.2) is 37.0 Å². The average molecular weight is 368 g/mol. The number of esters is 1. The van der Waals surface area contributed by atoms with E-state index in [-0.39, 0.29) is 37.4 Å². The van der Waals surface area contributed by atoms with E-state index in [0.717, 1.165) is 42.0 Å². The van der Waals surface area contributed by atoms with Crippen LogP contribution >= 0.6 is 0 Å². The van der Waals surface area contributed by atoms with Gasteiger partial charge < -0.3 is 15.4 Å². The molecule has 1 saturated carbocycles. The Bertz CT molecular complexity index is 823. The van der Waals surface area contributed by atoms with Crippen LogP contribution in [0.5, 0.6) is 0 Å². The summed E-state index contributed by atoms with van der Waals surface area (Å²) in [5.74, 6) is -1.18. The highest BCUT2D eigenvalue weighted by Crippen LogP contribution is 2.19. The lowest BCUT2D eigenvalue weighted by Gasteiger charge is -2.12. The Balaban J connectivity index is 1.40. The van der Waals surface area contributed by atoms with Gasteiger partial charge in [0.15, 0.2) is 6.61 Å². The molecule has 6 nitrogen and oxygen atoms in total. The van der Waals surface area contributed by atoms with Crippen LogP contribution in [0.1, 0.15) is 31.2 Å². The molecule has 1 aliphatic carbocycles. The second-order valence-corrected chi connectivity index (χ2v) is 6.80. The molecule has 0 unspecified atom stereocenters. The van der Waals surface area contributed by atoms with Gasteiger partial charge in [-0.3, -0.25) is 14.4 Å². The van der Waals surface area contributed by atoms with Gasteiger partial charge in [-0.25, -0.2) is 0 Å². The number of hydrogen-bond acceptors (Lipinski definition) is 4. The summed E-state index contributed by atoms with van der Waals surface area (Å²) in [5, 5.41) is 7.47. The third-order valence-corrected chi connectivity index (χ3v) is 4.75. The smallest absolute Gasteiger partial charge is 0.325 e. The van der Waals surface area contributed by atoms with E-state index in [9.17, 15) is 14.4 Å². The molecule has 1 aliphatic rings. The average Bonchev–Trinajstić information content (AvgIpc) is 3.18. The minimum Gasteiger partial charge on any atom is -0.454 e. The van der Waals surface area contributed by atoms with Gasteiger partial charge in [-0.1, -0.05) is 55.3 Å². The number of carbonyl (C=O) groups excluding carboxylic acids is 3. The Morgan fingerprint density at radius 1 is 0.963 bits per heavy atom. The van der Waals surface area contributed by atoms with Crippen molar-refractivity contribution in [2.24, 2.45) is 0 Å². The number of hydrogen-bond donors (Lipinski definition) is 2. The maximum Gasteiger partial charge on any atom is 0.325 e. The maximum atomic E-state index is 12.1. The van der Waals surface area contributed by atoms with Crippen molar-refractivity contribution in [2.75, 3.05) is 13.2 Å². The number of rotatable bonds is 7. The molecule has 0 bridgehead atoms. The number of ether oxygens (including phenoxy) is 1. The van der Waals surface area contributed by atoms with Crippen molar-refractivity contribution >= 4 is 28.6 Å². The number of nitrogens with one attached hydrogen (secondary N) is 2. The molecule has 142 valence electrons. The molecule has 0 heterocycles. The van der Waals surface area contributed by atoms with Gasteiger partial charge in [-0.05, 0) is 29.2 Å². The highest BCUT2D eigenvalue weighted by atomic mass is 16.5. The van der Waals surface area contributed by atoms with Gasteiger partial charge >= 0.3 is 5.97 Å². The third kappa shape index (κ3) is 5.54. The van der Waals surface area contributed by atoms with Gasteiger partial charge in [0.25, 0.3) is 5.91 Å². The van der Waals surface area contributed by atoms with Gasteiger partial charge in [0.2, 0.25) is 5.91 Å². The molecule has 0 atom stereocenters. The second kappa shape index (κ2) is 9.16. The van der Waals surface area contributed by atoms with Gasteiger partial charge in [0.1, 0.15) is 6.54 Å². The molecular formula is C21H24N2O4. The fourth-order valence-electron chi connectivity index (χ4n) is 3.39. The summed E-state index contributed by atoms with van der Waals surface area (Å²) < 4.78 is 4.92. The normalized spacial score (nSPS) is 14.1. The van der Waals surface area contributed by atoms with Crippen molar-refractivity contribution < 1.29 is 19.1 Å². The standard InChI is InChI=1S/C21H24N2O4/c24-19(12-16-8-5-7-15-6-1-4-11-18(15)16)22-13-21(26)27-14-20(25)23-17-9-2-3-10-17/h1,4-8,11,17H,2-3,9-10,12-14H2,(H,22,24)(H,23,25). The highest BCUT2D eigenvalue weighted by molar-refractivity contribution is 5.91. The van der Waals surface area contributed by atoms with E-state index < -0.39 is 5.97 Å². The molecule has 0 spiro atoms. The fraction of sp³-hybridized carbons (Fsp3) is 0.381. The van der Waals surface area contributed by atoms with Crippen molar-refractivity contribution in [3.05, 3.63) is 48.0 Å². The molecule has 0 aromatic heterocycles. The van der Waals surface area contributed by atoms with Crippen LogP contribution in [0, 0.1) is 0 Å². The number of fused-ring (bicyclic) bond motifs is 1. The first kappa shape index (κ1) is 18.9. The van der Waals surface area contributed by atoms with E-state index in [2.05, 4.69) is 10.6 Å². The van der Waals surface area contributed by atoms with Crippen molar-refractivity contribution in [3.8, 4) is 0 Å². The monoisotopic (exact) mass is 368 g/mol. The van der Waals surface area contributed by atoms with Crippen LogP contribution in [0.25, 0.3) is 10.8 Å². The minimum absolute atomic E-state index is 0.177. The summed E-state index contributed by atoms with van der Waals surface area (Å²) in [4.78, 5) is 35.6. The molecular weight excluding hydrogens is 344 g/mol. The summed E-state index contributed by atoms with van der Waals surface area (Å²) in [7, 11) is 0. The third-order valence-electron chi connectivity index (χ3n) is 4.75. The van der Waals surface area contributed by atoms with Crippen molar-refractivity contribution in [2.45, 2.75) is 38.1 Å². The molecule has 6 heteroatoms. The number of benzene rings is 2. The molecule has 2 aromatic rings. The van der Waals surface area contributed by atoms with E-state index in [0.29, 0.717) is 0 Å². The maximum absolute atomic E-state index is 12.1. The lowest BCUT2D eigenvalue weighted by atomic mass is 10.0. The molecule has 2 aromatic carbocycles. The van der Waals surface area contributed by atoms with Crippen LogP contribution in [0.15, 0.2) is 42.5 Å². The second-order valence-electron chi connectivity index (χ2n) is 6.80. The summed E-state index contributed by atoms with van der Waals surface area (Å²) >= 11 is 0. The first-order valence-electron chi connectivity index (χ1n) is 9.30. The molecule has 1 fully saturated rings. The summed E-state index contributed by atoms with van der Waals surface area (Å²) in [5.41, 5.74) is 0.898. The molecule has 27 heavy (non-hydrogen) atoms. The van der Waals surface area contributed by atoms with Crippen LogP contribution < -0.4 is 10.6 Å². The van der Waals surface area contributed by atoms with Crippen molar-refractivity contribution in [3.63, 3.8) is 0 Å². The quantitative estimate of drug-likeness (QED) is 0.733. The molecule has 3 rings (SSSR count). The van der Waals surface area contributed by atoms with Crippen LogP contribution in [0.4, 0.5) is 0 Å². The molecule has 0 aliphatic heterocycles. The van der Waals surface area contributed by atoms with E-state index in [1.807, 2.05) is 42.5 Å². The summed E-state index contributed by atoms with van der Waals surface area (Å²) in [6.07, 6.45) is 4.37. The van der Waals surface area contributed by atoms with E-state index in [1.54, 1.807) is 0 Å². The lowest BCUT2D eigenvalue weighted by molar-refractivity contribution is -0.148. The zero-order valence-electron chi connectivity index (χ0n) is 15.2. The first-order chi connectivity index (χ1) is 13.1. The predicted molar refractivity (Wildman–Crippen MR) is 102 cm³/mol. The topological polar surface area (TPSA) is 84.5 Å². The van der Waals surface area contributed by atoms with Gasteiger partial charge in [-0.15, -0.1) is 0 Å². The SMILES string of the molecule is O=C(Cc1cccc2ccccc12)NCC(=O)OCC(=O)NC1CCCC1. The summed E-state index contributed by atoms with van der Waals surface area (Å²) in [6.45, 7) is -0.561. The minimum atomic E-state index is -0.622. The molecule has 2 amide bonds. The Labute approximate surface area is 158 Å². The Morgan fingerprint density at radius 2 is 1.70 bits per heavy atom. The highest BCUT2D eigenvalue weighted by Gasteiger charge is 2.18. The summed E-state index contributed by atoms with van der Waals surface area (Å²) in [6, 6.07) is 13.8. The Morgan fingerprint density at radius 3 is 2.52 bits per heavy atom. The fourth-order valence-corrected chi connectivity index (χ4v) is 3.39. The first-order valence-corrected chi connectivity index (χ1v) is 9.30. The Hall–Kier alpha value is -2.89. The van der Waals surface area contributed by atoms with Crippen LogP contribution in [0.3, 0.4) is 0 Å². The largest absolute Gasteiger partial charge is 0.454 e. The molecule has 0 saturated heterocycles. The van der Waals surface area contributed by atoms with Crippen LogP contribution in [0.2, 0.25) is 0 Å². The zero-order valence-corrected chi connectivity index (χ0v) is 15.2. The lowest BCUT2D eigenvalue weighted by Crippen LogP contribution is -2.37. The predicted octanol–water partition coefficient (Wildman–Crippen LogP) is 2.10. The van der Waals surface area contributed by atoms with Gasteiger partial charge in [0.05, 0.1) is 6.42 Å². The van der Waals surface area contributed by atoms with Gasteiger partial charge in [-0.2, -0.15) is 0 Å². The Kier molecular flexibility index (Phi) is 6.41. The van der Waals surface area contributed by atoms with Crippen LogP contribution in [-0.2, 0) is 25.5 Å². The van der Waals surface area contributed by atoms with E-state index in [4.69, 9.17) is 4.74 Å². The number of amides is 2. The van der Waals surface area contributed by atoms with E-state index >= 15 is 0 Å². The molecule has 2 N–H and O–H groups in total.